The molecule has 3 rings (SSSR count). The number of carbonyl (C=O) groups excluding carboxylic acids is 1. The van der Waals surface area contributed by atoms with Gasteiger partial charge in [0, 0.05) is 28.4 Å². The fraction of sp³-hybridized carbons (Fsp3) is 0.263. The van der Waals surface area contributed by atoms with E-state index >= 15 is 0 Å². The van der Waals surface area contributed by atoms with Crippen molar-refractivity contribution in [1.29, 1.82) is 0 Å². The number of hydrogen-bond donors (Lipinski definition) is 2. The minimum atomic E-state index is -0.360. The van der Waals surface area contributed by atoms with Crippen LogP contribution in [0.2, 0.25) is 0 Å². The zero-order valence-corrected chi connectivity index (χ0v) is 14.3. The van der Waals surface area contributed by atoms with Gasteiger partial charge in [-0.1, -0.05) is 37.6 Å². The fourth-order valence-corrected chi connectivity index (χ4v) is 3.50. The number of phenolic OH excluding ortho intramolecular Hbond substituents is 1. The maximum Gasteiger partial charge on any atom is 0.220 e. The van der Waals surface area contributed by atoms with Crippen molar-refractivity contribution in [3.05, 3.63) is 58.4 Å². The quantitative estimate of drug-likeness (QED) is 0.699. The lowest BCUT2D eigenvalue weighted by molar-refractivity contribution is -0.121. The van der Waals surface area contributed by atoms with Gasteiger partial charge in [-0.15, -0.1) is 11.3 Å². The van der Waals surface area contributed by atoms with E-state index in [1.807, 2.05) is 41.8 Å². The van der Waals surface area contributed by atoms with Crippen LogP contribution in [0.4, 0.5) is 0 Å². The van der Waals surface area contributed by atoms with Gasteiger partial charge in [-0.2, -0.15) is 0 Å². The number of nitrogens with one attached hydrogen (secondary N) is 1. The second kappa shape index (κ2) is 7.45. The van der Waals surface area contributed by atoms with Gasteiger partial charge in [-0.3, -0.25) is 9.78 Å². The molecule has 2 N–H and O–H groups in total. The first-order valence-corrected chi connectivity index (χ1v) is 8.98. The standard InChI is InChI=1S/C19H20N2O2S/c1-2-3-8-16(22)21-18(15-7-5-12-24-15)14-10-9-13-6-4-11-20-17(13)19(14)23/h4-7,9-12,18,23H,2-3,8H2,1H3,(H,21,22). The highest BCUT2D eigenvalue weighted by Crippen LogP contribution is 2.35. The molecule has 124 valence electrons. The van der Waals surface area contributed by atoms with Gasteiger partial charge in [-0.25, -0.2) is 0 Å². The van der Waals surface area contributed by atoms with Crippen molar-refractivity contribution in [2.24, 2.45) is 0 Å². The zero-order valence-electron chi connectivity index (χ0n) is 13.5. The van der Waals surface area contributed by atoms with Gasteiger partial charge < -0.3 is 10.4 Å². The van der Waals surface area contributed by atoms with E-state index in [2.05, 4.69) is 17.2 Å². The molecule has 0 radical (unpaired) electrons. The Morgan fingerprint density at radius 2 is 2.17 bits per heavy atom. The Balaban J connectivity index is 1.99. The number of benzene rings is 1. The number of aromatic hydroxyl groups is 1. The summed E-state index contributed by atoms with van der Waals surface area (Å²) in [5, 5.41) is 16.6. The Hall–Kier alpha value is -2.40. The Kier molecular flexibility index (Phi) is 5.11. The van der Waals surface area contributed by atoms with E-state index in [9.17, 15) is 9.90 Å². The second-order valence-electron chi connectivity index (χ2n) is 5.70. The molecule has 1 atom stereocenters. The van der Waals surface area contributed by atoms with Gasteiger partial charge >= 0.3 is 0 Å². The number of amides is 1. The number of phenols is 1. The van der Waals surface area contributed by atoms with Crippen LogP contribution in [0.1, 0.15) is 42.7 Å². The van der Waals surface area contributed by atoms with Crippen LogP contribution in [0.3, 0.4) is 0 Å². The third-order valence-electron chi connectivity index (χ3n) is 3.98. The van der Waals surface area contributed by atoms with Crippen molar-refractivity contribution in [2.45, 2.75) is 32.2 Å². The first kappa shape index (κ1) is 16.5. The number of nitrogens with zero attached hydrogens (tertiary/aromatic N) is 1. The highest BCUT2D eigenvalue weighted by atomic mass is 32.1. The summed E-state index contributed by atoms with van der Waals surface area (Å²) in [6.07, 6.45) is 3.98. The summed E-state index contributed by atoms with van der Waals surface area (Å²) in [4.78, 5) is 17.5. The summed E-state index contributed by atoms with van der Waals surface area (Å²) in [5.41, 5.74) is 1.23. The fourth-order valence-electron chi connectivity index (χ4n) is 2.71. The van der Waals surface area contributed by atoms with E-state index in [-0.39, 0.29) is 17.7 Å². The lowest BCUT2D eigenvalue weighted by Crippen LogP contribution is -2.28. The number of rotatable bonds is 6. The SMILES string of the molecule is CCCCC(=O)NC(c1cccs1)c1ccc2cccnc2c1O. The van der Waals surface area contributed by atoms with E-state index < -0.39 is 0 Å². The minimum Gasteiger partial charge on any atom is -0.505 e. The number of thiophene rings is 1. The molecule has 0 saturated carbocycles. The maximum atomic E-state index is 12.3. The van der Waals surface area contributed by atoms with Crippen molar-refractivity contribution in [3.8, 4) is 5.75 Å². The number of pyridine rings is 1. The smallest absolute Gasteiger partial charge is 0.220 e. The van der Waals surface area contributed by atoms with Crippen LogP contribution in [0.5, 0.6) is 5.75 Å². The number of fused-ring (bicyclic) bond motifs is 1. The molecule has 4 nitrogen and oxygen atoms in total. The first-order valence-electron chi connectivity index (χ1n) is 8.10. The third-order valence-corrected chi connectivity index (χ3v) is 4.92. The van der Waals surface area contributed by atoms with Gasteiger partial charge in [0.05, 0.1) is 6.04 Å². The second-order valence-corrected chi connectivity index (χ2v) is 6.68. The molecule has 0 saturated heterocycles. The molecular weight excluding hydrogens is 320 g/mol. The summed E-state index contributed by atoms with van der Waals surface area (Å²) < 4.78 is 0. The van der Waals surface area contributed by atoms with Gasteiger partial charge in [0.15, 0.2) is 0 Å². The average Bonchev–Trinajstić information content (AvgIpc) is 3.13. The number of hydrogen-bond acceptors (Lipinski definition) is 4. The van der Waals surface area contributed by atoms with Crippen LogP contribution >= 0.6 is 11.3 Å². The Labute approximate surface area is 145 Å². The number of carbonyl (C=O) groups is 1. The molecular formula is C19H20N2O2S. The molecule has 3 aromatic rings. The van der Waals surface area contributed by atoms with E-state index in [1.54, 1.807) is 17.5 Å². The van der Waals surface area contributed by atoms with Crippen molar-refractivity contribution < 1.29 is 9.90 Å². The van der Waals surface area contributed by atoms with E-state index in [4.69, 9.17) is 0 Å². The van der Waals surface area contributed by atoms with E-state index in [0.29, 0.717) is 17.5 Å². The predicted molar refractivity (Wildman–Crippen MR) is 97.2 cm³/mol. The molecule has 1 unspecified atom stereocenters. The van der Waals surface area contributed by atoms with Gasteiger partial charge in [0.25, 0.3) is 0 Å². The molecule has 0 bridgehead atoms. The van der Waals surface area contributed by atoms with Crippen LogP contribution in [0.25, 0.3) is 10.9 Å². The number of unbranched alkanes of at least 4 members (excludes halogenated alkanes) is 1. The largest absolute Gasteiger partial charge is 0.505 e. The molecule has 0 fully saturated rings. The molecule has 1 amide bonds. The summed E-state index contributed by atoms with van der Waals surface area (Å²) in [7, 11) is 0. The summed E-state index contributed by atoms with van der Waals surface area (Å²) >= 11 is 1.56. The topological polar surface area (TPSA) is 62.2 Å². The third kappa shape index (κ3) is 3.41. The molecule has 0 spiro atoms. The van der Waals surface area contributed by atoms with Crippen molar-refractivity contribution in [2.75, 3.05) is 0 Å². The molecule has 24 heavy (non-hydrogen) atoms. The molecule has 2 heterocycles. The molecule has 2 aromatic heterocycles. The zero-order chi connectivity index (χ0) is 16.9. The van der Waals surface area contributed by atoms with Crippen LogP contribution < -0.4 is 5.32 Å². The maximum absolute atomic E-state index is 12.3. The lowest BCUT2D eigenvalue weighted by atomic mass is 10.0. The molecule has 0 aliphatic rings. The Morgan fingerprint density at radius 3 is 2.92 bits per heavy atom. The summed E-state index contributed by atoms with van der Waals surface area (Å²) in [6, 6.07) is 11.1. The van der Waals surface area contributed by atoms with Crippen molar-refractivity contribution >= 4 is 28.1 Å². The van der Waals surface area contributed by atoms with Crippen LogP contribution in [-0.4, -0.2) is 16.0 Å². The Morgan fingerprint density at radius 1 is 1.29 bits per heavy atom. The van der Waals surface area contributed by atoms with Crippen LogP contribution in [0.15, 0.2) is 48.0 Å². The normalized spacial score (nSPS) is 12.2. The first-order chi connectivity index (χ1) is 11.7. The highest BCUT2D eigenvalue weighted by molar-refractivity contribution is 7.10. The Bertz CT molecular complexity index is 831. The van der Waals surface area contributed by atoms with E-state index in [1.165, 1.54) is 0 Å². The van der Waals surface area contributed by atoms with Gasteiger partial charge in [0.2, 0.25) is 5.91 Å². The number of aromatic nitrogens is 1. The van der Waals surface area contributed by atoms with Crippen molar-refractivity contribution in [1.82, 2.24) is 10.3 Å². The van der Waals surface area contributed by atoms with Crippen LogP contribution in [0, 0.1) is 0 Å². The van der Waals surface area contributed by atoms with Crippen LogP contribution in [-0.2, 0) is 4.79 Å². The summed E-state index contributed by atoms with van der Waals surface area (Å²) in [5.74, 6) is 0.123. The predicted octanol–water partition coefficient (Wildman–Crippen LogP) is 4.40. The molecule has 5 heteroatoms. The van der Waals surface area contributed by atoms with Gasteiger partial charge in [0.1, 0.15) is 11.3 Å². The van der Waals surface area contributed by atoms with Gasteiger partial charge in [-0.05, 0) is 23.9 Å². The monoisotopic (exact) mass is 340 g/mol. The van der Waals surface area contributed by atoms with Crippen molar-refractivity contribution in [3.63, 3.8) is 0 Å². The molecule has 0 aliphatic carbocycles. The molecule has 0 aliphatic heterocycles. The lowest BCUT2D eigenvalue weighted by Gasteiger charge is -2.20. The average molecular weight is 340 g/mol. The molecule has 1 aromatic carbocycles. The van der Waals surface area contributed by atoms with E-state index in [0.717, 1.165) is 23.1 Å². The highest BCUT2D eigenvalue weighted by Gasteiger charge is 2.22. The minimum absolute atomic E-state index is 0.00392. The summed E-state index contributed by atoms with van der Waals surface area (Å²) in [6.45, 7) is 2.06.